The predicted molar refractivity (Wildman–Crippen MR) is 214 cm³/mol. The first-order chi connectivity index (χ1) is 24.5. The van der Waals surface area contributed by atoms with Gasteiger partial charge in [0.1, 0.15) is 5.75 Å². The summed E-state index contributed by atoms with van der Waals surface area (Å²) in [4.78, 5) is 12.8. The van der Waals surface area contributed by atoms with Gasteiger partial charge >= 0.3 is 5.97 Å². The van der Waals surface area contributed by atoms with Crippen molar-refractivity contribution in [3.8, 4) is 16.9 Å². The molecule has 50 heavy (non-hydrogen) atoms. The molecule has 0 aromatic heterocycles. The van der Waals surface area contributed by atoms with E-state index in [1.165, 1.54) is 133 Å². The summed E-state index contributed by atoms with van der Waals surface area (Å²) >= 11 is 0. The summed E-state index contributed by atoms with van der Waals surface area (Å²) in [6, 6.07) is 24.3. The number of hydrogen-bond donors (Lipinski definition) is 0. The lowest BCUT2D eigenvalue weighted by atomic mass is 9.92. The number of rotatable bonds is 28. The molecule has 276 valence electrons. The maximum atomic E-state index is 12.8. The largest absolute Gasteiger partial charge is 0.423 e. The molecule has 0 spiro atoms. The molecule has 0 aliphatic heterocycles. The number of hydrogen-bond acceptors (Lipinski definition) is 3. The average Bonchev–Trinajstić information content (AvgIpc) is 3.15. The van der Waals surface area contributed by atoms with E-state index in [0.29, 0.717) is 17.2 Å². The maximum Gasteiger partial charge on any atom is 0.343 e. The summed E-state index contributed by atoms with van der Waals surface area (Å²) in [5.41, 5.74) is 5.26. The minimum absolute atomic E-state index is 0.0839. The fraction of sp³-hybridized carbons (Fsp3) is 0.596. The van der Waals surface area contributed by atoms with Crippen molar-refractivity contribution < 1.29 is 14.3 Å². The Hall–Kier alpha value is -2.91. The summed E-state index contributed by atoms with van der Waals surface area (Å²) < 4.78 is 11.8. The molecule has 3 aromatic rings. The number of benzene rings is 3. The van der Waals surface area contributed by atoms with Gasteiger partial charge in [-0.05, 0) is 78.6 Å². The van der Waals surface area contributed by atoms with Crippen molar-refractivity contribution in [3.05, 3.63) is 89.5 Å². The molecule has 0 radical (unpaired) electrons. The van der Waals surface area contributed by atoms with E-state index >= 15 is 0 Å². The first-order valence-corrected chi connectivity index (χ1v) is 20.7. The molecular formula is C47H70O3. The fourth-order valence-electron chi connectivity index (χ4n) is 7.03. The van der Waals surface area contributed by atoms with E-state index in [-0.39, 0.29) is 12.1 Å². The summed E-state index contributed by atoms with van der Waals surface area (Å²) in [7, 11) is 0. The number of esters is 1. The normalized spacial score (nSPS) is 12.6. The van der Waals surface area contributed by atoms with Crippen molar-refractivity contribution in [2.45, 2.75) is 175 Å². The Kier molecular flexibility index (Phi) is 21.5. The smallest absolute Gasteiger partial charge is 0.343 e. The fourth-order valence-corrected chi connectivity index (χ4v) is 7.03. The van der Waals surface area contributed by atoms with Crippen molar-refractivity contribution in [2.75, 3.05) is 6.61 Å². The van der Waals surface area contributed by atoms with Crippen LogP contribution in [0, 0.1) is 0 Å². The van der Waals surface area contributed by atoms with Crippen molar-refractivity contribution in [1.82, 2.24) is 0 Å². The monoisotopic (exact) mass is 683 g/mol. The standard InChI is InChI=1S/C47H70O3/c1-5-8-9-10-11-12-13-14-15-16-17-18-19-20-21-22-23-24-38-49-39(4)41-26-28-43(29-27-41)44-30-32-45(33-31-44)47(48)50-46-36-34-42(35-37-46)40(7-3)25-6-2/h26-37,39-40H,5-25,38H2,1-4H3. The van der Waals surface area contributed by atoms with Crippen LogP contribution in [0.15, 0.2) is 72.8 Å². The second-order valence-corrected chi connectivity index (χ2v) is 14.6. The lowest BCUT2D eigenvalue weighted by Crippen LogP contribution is -2.08. The van der Waals surface area contributed by atoms with Gasteiger partial charge in [0.2, 0.25) is 0 Å². The lowest BCUT2D eigenvalue weighted by Gasteiger charge is -2.15. The van der Waals surface area contributed by atoms with Crippen LogP contribution in [-0.2, 0) is 4.74 Å². The van der Waals surface area contributed by atoms with Crippen LogP contribution < -0.4 is 4.74 Å². The van der Waals surface area contributed by atoms with Gasteiger partial charge in [0.15, 0.2) is 0 Å². The molecule has 0 heterocycles. The van der Waals surface area contributed by atoms with Crippen LogP contribution in [0.25, 0.3) is 11.1 Å². The second-order valence-electron chi connectivity index (χ2n) is 14.6. The quantitative estimate of drug-likeness (QED) is 0.0434. The SMILES string of the molecule is CCCCCCCCCCCCCCCCCCCCOC(C)c1ccc(-c2ccc(C(=O)Oc3ccc(C(CC)CCC)cc3)cc2)cc1. The summed E-state index contributed by atoms with van der Waals surface area (Å²) in [6.07, 6.45) is 28.6. The Morgan fingerprint density at radius 1 is 0.520 bits per heavy atom. The second kappa shape index (κ2) is 26.0. The van der Waals surface area contributed by atoms with Gasteiger partial charge in [-0.1, -0.05) is 185 Å². The van der Waals surface area contributed by atoms with Gasteiger partial charge in [0, 0.05) is 6.61 Å². The van der Waals surface area contributed by atoms with Crippen LogP contribution in [0.5, 0.6) is 5.75 Å². The molecule has 0 fully saturated rings. The Labute approximate surface area is 307 Å². The zero-order valence-electron chi connectivity index (χ0n) is 32.4. The maximum absolute atomic E-state index is 12.8. The summed E-state index contributed by atoms with van der Waals surface area (Å²) in [5.74, 6) is 0.813. The number of ether oxygens (including phenoxy) is 2. The minimum Gasteiger partial charge on any atom is -0.423 e. The van der Waals surface area contributed by atoms with E-state index < -0.39 is 0 Å². The average molecular weight is 683 g/mol. The van der Waals surface area contributed by atoms with E-state index in [9.17, 15) is 4.79 Å². The van der Waals surface area contributed by atoms with Crippen LogP contribution in [0.1, 0.15) is 196 Å². The van der Waals surface area contributed by atoms with Gasteiger partial charge in [-0.25, -0.2) is 4.79 Å². The molecule has 2 unspecified atom stereocenters. The first-order valence-electron chi connectivity index (χ1n) is 20.7. The molecule has 0 saturated carbocycles. The van der Waals surface area contributed by atoms with Gasteiger partial charge in [-0.3, -0.25) is 0 Å². The minimum atomic E-state index is -0.332. The van der Waals surface area contributed by atoms with Gasteiger partial charge < -0.3 is 9.47 Å². The van der Waals surface area contributed by atoms with Crippen LogP contribution in [0.2, 0.25) is 0 Å². The van der Waals surface area contributed by atoms with E-state index in [0.717, 1.165) is 30.6 Å². The highest BCUT2D eigenvalue weighted by molar-refractivity contribution is 5.91. The Morgan fingerprint density at radius 2 is 0.960 bits per heavy atom. The predicted octanol–water partition coefficient (Wildman–Crippen LogP) is 15.0. The molecule has 0 saturated heterocycles. The van der Waals surface area contributed by atoms with Crippen molar-refractivity contribution in [2.24, 2.45) is 0 Å². The molecule has 2 atom stereocenters. The zero-order valence-corrected chi connectivity index (χ0v) is 32.4. The highest BCUT2D eigenvalue weighted by Crippen LogP contribution is 2.28. The molecule has 3 nitrogen and oxygen atoms in total. The highest BCUT2D eigenvalue weighted by atomic mass is 16.5. The summed E-state index contributed by atoms with van der Waals surface area (Å²) in [5, 5.41) is 0. The highest BCUT2D eigenvalue weighted by Gasteiger charge is 2.12. The number of carbonyl (C=O) groups is 1. The van der Waals surface area contributed by atoms with E-state index in [1.807, 2.05) is 36.4 Å². The zero-order chi connectivity index (χ0) is 35.7. The van der Waals surface area contributed by atoms with Gasteiger partial charge in [0.05, 0.1) is 11.7 Å². The van der Waals surface area contributed by atoms with E-state index in [4.69, 9.17) is 9.47 Å². The molecule has 0 aliphatic carbocycles. The van der Waals surface area contributed by atoms with Crippen molar-refractivity contribution >= 4 is 5.97 Å². The summed E-state index contributed by atoms with van der Waals surface area (Å²) in [6.45, 7) is 9.71. The van der Waals surface area contributed by atoms with Gasteiger partial charge in [0.25, 0.3) is 0 Å². The van der Waals surface area contributed by atoms with Crippen LogP contribution in [-0.4, -0.2) is 12.6 Å². The first kappa shape index (κ1) is 41.5. The molecule has 0 amide bonds. The van der Waals surface area contributed by atoms with Crippen LogP contribution in [0.3, 0.4) is 0 Å². The van der Waals surface area contributed by atoms with Crippen molar-refractivity contribution in [3.63, 3.8) is 0 Å². The third-order valence-corrected chi connectivity index (χ3v) is 10.4. The van der Waals surface area contributed by atoms with E-state index in [1.54, 1.807) is 0 Å². The molecule has 0 N–H and O–H groups in total. The molecular weight excluding hydrogens is 613 g/mol. The molecule has 3 rings (SSSR count). The molecule has 3 aromatic carbocycles. The topological polar surface area (TPSA) is 35.5 Å². The van der Waals surface area contributed by atoms with Crippen molar-refractivity contribution in [1.29, 1.82) is 0 Å². The number of carbonyl (C=O) groups excluding carboxylic acids is 1. The lowest BCUT2D eigenvalue weighted by molar-refractivity contribution is 0.0627. The van der Waals surface area contributed by atoms with Gasteiger partial charge in [-0.2, -0.15) is 0 Å². The van der Waals surface area contributed by atoms with Crippen LogP contribution in [0.4, 0.5) is 0 Å². The molecule has 0 bridgehead atoms. The Balaban J connectivity index is 1.23. The third kappa shape index (κ3) is 16.4. The molecule has 0 aliphatic rings. The van der Waals surface area contributed by atoms with Crippen LogP contribution >= 0.6 is 0 Å². The Morgan fingerprint density at radius 3 is 1.42 bits per heavy atom. The van der Waals surface area contributed by atoms with Gasteiger partial charge in [-0.15, -0.1) is 0 Å². The molecule has 3 heteroatoms. The van der Waals surface area contributed by atoms with E-state index in [2.05, 4.69) is 64.1 Å². The number of unbranched alkanes of at least 4 members (excludes halogenated alkanes) is 17. The Bertz CT molecular complexity index is 1260. The third-order valence-electron chi connectivity index (χ3n) is 10.4.